The second-order valence-electron chi connectivity index (χ2n) is 4.30. The normalized spacial score (nSPS) is 12.2. The monoisotopic (exact) mass is 294 g/mol. The molecule has 0 aliphatic carbocycles. The largest absolute Gasteiger partial charge is 0.481 e. The number of nitrogens with one attached hydrogen (secondary N) is 1. The maximum Gasteiger partial charge on any atom is 0.224 e. The van der Waals surface area contributed by atoms with Crippen molar-refractivity contribution in [1.82, 2.24) is 20.3 Å². The highest BCUT2D eigenvalue weighted by Gasteiger charge is 2.15. The lowest BCUT2D eigenvalue weighted by atomic mass is 10.2. The van der Waals surface area contributed by atoms with E-state index in [0.717, 1.165) is 16.3 Å². The standard InChI is InChI=1S/C13H18N4O2S/c1-8-6-20-13(17-8)9(2)14-5-10-11(18-3)15-7-16-12(10)19-4/h6-7,9,14H,5H2,1-4H3. The molecule has 1 unspecified atom stereocenters. The van der Waals surface area contributed by atoms with Crippen molar-refractivity contribution in [2.75, 3.05) is 14.2 Å². The van der Waals surface area contributed by atoms with Crippen LogP contribution < -0.4 is 14.8 Å². The zero-order valence-corrected chi connectivity index (χ0v) is 12.8. The minimum atomic E-state index is 0.142. The van der Waals surface area contributed by atoms with E-state index in [0.29, 0.717) is 18.3 Å². The van der Waals surface area contributed by atoms with Gasteiger partial charge in [-0.2, -0.15) is 0 Å². The van der Waals surface area contributed by atoms with Crippen molar-refractivity contribution in [3.63, 3.8) is 0 Å². The van der Waals surface area contributed by atoms with Crippen molar-refractivity contribution in [2.45, 2.75) is 26.4 Å². The van der Waals surface area contributed by atoms with Gasteiger partial charge < -0.3 is 14.8 Å². The van der Waals surface area contributed by atoms with Crippen LogP contribution in [0.25, 0.3) is 0 Å². The van der Waals surface area contributed by atoms with Gasteiger partial charge in [0, 0.05) is 17.6 Å². The number of nitrogens with zero attached hydrogens (tertiary/aromatic N) is 3. The van der Waals surface area contributed by atoms with Crippen molar-refractivity contribution >= 4 is 11.3 Å². The van der Waals surface area contributed by atoms with E-state index in [-0.39, 0.29) is 6.04 Å². The summed E-state index contributed by atoms with van der Waals surface area (Å²) in [4.78, 5) is 12.7. The maximum absolute atomic E-state index is 5.25. The second-order valence-corrected chi connectivity index (χ2v) is 5.19. The Balaban J connectivity index is 2.10. The van der Waals surface area contributed by atoms with E-state index in [2.05, 4.69) is 27.2 Å². The number of rotatable bonds is 6. The highest BCUT2D eigenvalue weighted by molar-refractivity contribution is 7.09. The Bertz CT molecular complexity index is 551. The van der Waals surface area contributed by atoms with E-state index >= 15 is 0 Å². The molecule has 1 N–H and O–H groups in total. The molecule has 2 aromatic rings. The van der Waals surface area contributed by atoms with Crippen LogP contribution in [0.2, 0.25) is 0 Å². The summed E-state index contributed by atoms with van der Waals surface area (Å²) < 4.78 is 10.5. The lowest BCUT2D eigenvalue weighted by Gasteiger charge is -2.14. The van der Waals surface area contributed by atoms with Gasteiger partial charge in [0.05, 0.1) is 25.8 Å². The average Bonchev–Trinajstić information content (AvgIpc) is 2.90. The van der Waals surface area contributed by atoms with Gasteiger partial charge in [0.1, 0.15) is 11.3 Å². The summed E-state index contributed by atoms with van der Waals surface area (Å²) in [6.07, 6.45) is 1.43. The third kappa shape index (κ3) is 3.23. The molecule has 20 heavy (non-hydrogen) atoms. The summed E-state index contributed by atoms with van der Waals surface area (Å²) >= 11 is 1.65. The van der Waals surface area contributed by atoms with Crippen molar-refractivity contribution < 1.29 is 9.47 Å². The summed E-state index contributed by atoms with van der Waals surface area (Å²) in [5.41, 5.74) is 1.84. The Morgan fingerprint density at radius 2 is 1.90 bits per heavy atom. The third-order valence-electron chi connectivity index (χ3n) is 2.85. The first kappa shape index (κ1) is 14.7. The fraction of sp³-hybridized carbons (Fsp3) is 0.462. The van der Waals surface area contributed by atoms with Crippen molar-refractivity contribution in [2.24, 2.45) is 0 Å². The summed E-state index contributed by atoms with van der Waals surface area (Å²) in [5.74, 6) is 1.04. The Morgan fingerprint density at radius 3 is 2.40 bits per heavy atom. The van der Waals surface area contributed by atoms with E-state index in [4.69, 9.17) is 9.47 Å². The lowest BCUT2D eigenvalue weighted by Crippen LogP contribution is -2.19. The van der Waals surface area contributed by atoms with Crippen LogP contribution in [0.3, 0.4) is 0 Å². The highest BCUT2D eigenvalue weighted by Crippen LogP contribution is 2.25. The smallest absolute Gasteiger partial charge is 0.224 e. The van der Waals surface area contributed by atoms with Gasteiger partial charge in [0.2, 0.25) is 11.8 Å². The SMILES string of the molecule is COc1ncnc(OC)c1CNC(C)c1nc(C)cs1. The fourth-order valence-corrected chi connectivity index (χ4v) is 2.63. The number of hydrogen-bond acceptors (Lipinski definition) is 7. The van der Waals surface area contributed by atoms with Crippen LogP contribution in [-0.2, 0) is 6.54 Å². The molecule has 6 nitrogen and oxygen atoms in total. The molecule has 0 aliphatic rings. The zero-order chi connectivity index (χ0) is 14.5. The molecule has 1 atom stereocenters. The molecule has 7 heteroatoms. The first-order valence-corrected chi connectivity index (χ1v) is 7.11. The minimum Gasteiger partial charge on any atom is -0.481 e. The van der Waals surface area contributed by atoms with Crippen molar-refractivity contribution in [3.8, 4) is 11.8 Å². The molecular weight excluding hydrogens is 276 g/mol. The molecule has 2 heterocycles. The molecule has 0 radical (unpaired) electrons. The lowest BCUT2D eigenvalue weighted by molar-refractivity contribution is 0.357. The predicted molar refractivity (Wildman–Crippen MR) is 77.2 cm³/mol. The Hall–Kier alpha value is -1.73. The van der Waals surface area contributed by atoms with Gasteiger partial charge in [-0.3, -0.25) is 0 Å². The zero-order valence-electron chi connectivity index (χ0n) is 12.0. The molecule has 0 amide bonds. The Labute approximate surface area is 122 Å². The molecule has 0 bridgehead atoms. The van der Waals surface area contributed by atoms with Crippen LogP contribution in [-0.4, -0.2) is 29.2 Å². The second kappa shape index (κ2) is 6.62. The van der Waals surface area contributed by atoms with Gasteiger partial charge in [-0.1, -0.05) is 0 Å². The van der Waals surface area contributed by atoms with E-state index in [1.807, 2.05) is 12.3 Å². The van der Waals surface area contributed by atoms with Gasteiger partial charge in [0.15, 0.2) is 0 Å². The van der Waals surface area contributed by atoms with E-state index in [1.54, 1.807) is 25.6 Å². The van der Waals surface area contributed by atoms with Crippen LogP contribution in [0.1, 0.15) is 29.2 Å². The number of methoxy groups -OCH3 is 2. The molecule has 0 aromatic carbocycles. The van der Waals surface area contributed by atoms with Gasteiger partial charge in [-0.05, 0) is 13.8 Å². The van der Waals surface area contributed by atoms with Crippen LogP contribution in [0, 0.1) is 6.92 Å². The van der Waals surface area contributed by atoms with Crippen LogP contribution >= 0.6 is 11.3 Å². The number of aromatic nitrogens is 3. The predicted octanol–water partition coefficient (Wildman–Crippen LogP) is 2.11. The van der Waals surface area contributed by atoms with Crippen LogP contribution in [0.5, 0.6) is 11.8 Å². The molecule has 0 saturated carbocycles. The topological polar surface area (TPSA) is 69.2 Å². The van der Waals surface area contributed by atoms with Crippen LogP contribution in [0.4, 0.5) is 0 Å². The Morgan fingerprint density at radius 1 is 1.25 bits per heavy atom. The van der Waals surface area contributed by atoms with E-state index in [9.17, 15) is 0 Å². The van der Waals surface area contributed by atoms with E-state index in [1.165, 1.54) is 6.33 Å². The molecular formula is C13H18N4O2S. The summed E-state index contributed by atoms with van der Waals surface area (Å²) in [5, 5.41) is 6.48. The molecule has 0 spiro atoms. The first-order valence-electron chi connectivity index (χ1n) is 6.23. The molecule has 108 valence electrons. The number of aryl methyl sites for hydroxylation is 1. The molecule has 2 rings (SSSR count). The molecule has 2 aromatic heterocycles. The van der Waals surface area contributed by atoms with Crippen molar-refractivity contribution in [1.29, 1.82) is 0 Å². The average molecular weight is 294 g/mol. The summed E-state index contributed by atoms with van der Waals surface area (Å²) in [6.45, 7) is 4.61. The Kier molecular flexibility index (Phi) is 4.86. The molecule has 0 saturated heterocycles. The van der Waals surface area contributed by atoms with Gasteiger partial charge in [-0.15, -0.1) is 11.3 Å². The van der Waals surface area contributed by atoms with Gasteiger partial charge in [0.25, 0.3) is 0 Å². The maximum atomic E-state index is 5.25. The number of ether oxygens (including phenoxy) is 2. The molecule has 0 aliphatic heterocycles. The van der Waals surface area contributed by atoms with Gasteiger partial charge >= 0.3 is 0 Å². The van der Waals surface area contributed by atoms with E-state index < -0.39 is 0 Å². The molecule has 0 fully saturated rings. The highest BCUT2D eigenvalue weighted by atomic mass is 32.1. The minimum absolute atomic E-state index is 0.142. The third-order valence-corrected chi connectivity index (χ3v) is 3.99. The van der Waals surface area contributed by atoms with Crippen LogP contribution in [0.15, 0.2) is 11.7 Å². The number of hydrogen-bond donors (Lipinski definition) is 1. The van der Waals surface area contributed by atoms with Gasteiger partial charge in [-0.25, -0.2) is 15.0 Å². The number of thiazole rings is 1. The summed E-state index contributed by atoms with van der Waals surface area (Å²) in [6, 6.07) is 0.142. The van der Waals surface area contributed by atoms with Crippen molar-refractivity contribution in [3.05, 3.63) is 28.0 Å². The first-order chi connectivity index (χ1) is 9.65. The summed E-state index contributed by atoms with van der Waals surface area (Å²) in [7, 11) is 3.16. The fourth-order valence-electron chi connectivity index (χ4n) is 1.80. The quantitative estimate of drug-likeness (QED) is 0.880.